The number of hydrogen-bond donors (Lipinski definition) is 0. The maximum atomic E-state index is 10.9. The van der Waals surface area contributed by atoms with Crippen LogP contribution in [0.2, 0.25) is 0 Å². The van der Waals surface area contributed by atoms with Crippen molar-refractivity contribution >= 4 is 5.97 Å². The number of ether oxygens (including phenoxy) is 2. The van der Waals surface area contributed by atoms with Crippen molar-refractivity contribution < 1.29 is 14.3 Å². The van der Waals surface area contributed by atoms with Crippen LogP contribution in [0.25, 0.3) is 0 Å². The van der Waals surface area contributed by atoms with Gasteiger partial charge in [-0.25, -0.2) is 0 Å². The number of esters is 1. The van der Waals surface area contributed by atoms with Gasteiger partial charge >= 0.3 is 5.97 Å². The molecule has 0 aromatic heterocycles. The van der Waals surface area contributed by atoms with Crippen LogP contribution in [0.15, 0.2) is 91.0 Å². The average molecular weight is 403 g/mol. The zero-order chi connectivity index (χ0) is 21.1. The highest BCUT2D eigenvalue weighted by Gasteiger charge is 2.37. The summed E-state index contributed by atoms with van der Waals surface area (Å²) >= 11 is 0. The van der Waals surface area contributed by atoms with E-state index in [-0.39, 0.29) is 5.97 Å². The Labute approximate surface area is 179 Å². The van der Waals surface area contributed by atoms with Crippen molar-refractivity contribution in [1.29, 1.82) is 0 Å². The molecule has 156 valence electrons. The molecule has 3 aromatic rings. The van der Waals surface area contributed by atoms with Gasteiger partial charge in [0.15, 0.2) is 0 Å². The Morgan fingerprint density at radius 3 is 1.43 bits per heavy atom. The van der Waals surface area contributed by atoms with Crippen molar-refractivity contribution in [1.82, 2.24) is 0 Å². The number of benzene rings is 3. The standard InChI is InChI=1S/C27H30O3/c1-23(28)29-21-13-2-3-14-22-30-27(24-15-7-4-8-16-24,25-17-9-5-10-18-25)26-19-11-6-12-20-26/h4-12,15-20H,2-3,13-14,21-22H2,1H3. The highest BCUT2D eigenvalue weighted by Crippen LogP contribution is 2.40. The summed E-state index contributed by atoms with van der Waals surface area (Å²) in [6.45, 7) is 2.59. The van der Waals surface area contributed by atoms with Gasteiger partial charge in [0.05, 0.1) is 6.61 Å². The third kappa shape index (κ3) is 5.58. The fraction of sp³-hybridized carbons (Fsp3) is 0.296. The molecule has 3 aromatic carbocycles. The molecule has 0 atom stereocenters. The Kier molecular flexibility index (Phi) is 8.22. The summed E-state index contributed by atoms with van der Waals surface area (Å²) in [5.41, 5.74) is 2.72. The first kappa shape index (κ1) is 21.8. The van der Waals surface area contributed by atoms with Crippen LogP contribution in [0.3, 0.4) is 0 Å². The Bertz CT molecular complexity index is 779. The van der Waals surface area contributed by atoms with Gasteiger partial charge in [-0.1, -0.05) is 97.4 Å². The van der Waals surface area contributed by atoms with Crippen molar-refractivity contribution in [3.63, 3.8) is 0 Å². The number of rotatable bonds is 11. The molecule has 0 aliphatic heterocycles. The topological polar surface area (TPSA) is 35.5 Å². The first-order valence-electron chi connectivity index (χ1n) is 10.7. The predicted octanol–water partition coefficient (Wildman–Crippen LogP) is 6.12. The molecule has 0 saturated heterocycles. The van der Waals surface area contributed by atoms with Crippen molar-refractivity contribution in [2.75, 3.05) is 13.2 Å². The first-order valence-corrected chi connectivity index (χ1v) is 10.7. The highest BCUT2D eigenvalue weighted by molar-refractivity contribution is 5.65. The lowest BCUT2D eigenvalue weighted by Crippen LogP contribution is -2.33. The van der Waals surface area contributed by atoms with Crippen LogP contribution >= 0.6 is 0 Å². The van der Waals surface area contributed by atoms with Gasteiger partial charge in [0, 0.05) is 13.5 Å². The van der Waals surface area contributed by atoms with E-state index in [0.29, 0.717) is 13.2 Å². The van der Waals surface area contributed by atoms with Crippen molar-refractivity contribution in [2.45, 2.75) is 38.2 Å². The number of hydrogen-bond acceptors (Lipinski definition) is 3. The maximum absolute atomic E-state index is 10.9. The fourth-order valence-corrected chi connectivity index (χ4v) is 3.77. The molecule has 0 heterocycles. The van der Waals surface area contributed by atoms with E-state index >= 15 is 0 Å². The zero-order valence-electron chi connectivity index (χ0n) is 17.6. The second-order valence-electron chi connectivity index (χ2n) is 7.38. The molecule has 0 aliphatic rings. The van der Waals surface area contributed by atoms with Crippen molar-refractivity contribution in [3.05, 3.63) is 108 Å². The van der Waals surface area contributed by atoms with Crippen LogP contribution in [0, 0.1) is 0 Å². The molecule has 0 unspecified atom stereocenters. The molecule has 0 aliphatic carbocycles. The third-order valence-electron chi connectivity index (χ3n) is 5.20. The quantitative estimate of drug-likeness (QED) is 0.220. The summed E-state index contributed by atoms with van der Waals surface area (Å²) in [5, 5.41) is 0. The lowest BCUT2D eigenvalue weighted by atomic mass is 9.80. The molecule has 0 spiro atoms. The van der Waals surface area contributed by atoms with E-state index in [4.69, 9.17) is 9.47 Å². The molecule has 0 fully saturated rings. The highest BCUT2D eigenvalue weighted by atomic mass is 16.5. The lowest BCUT2D eigenvalue weighted by molar-refractivity contribution is -0.141. The number of unbranched alkanes of at least 4 members (excludes halogenated alkanes) is 3. The SMILES string of the molecule is CC(=O)OCCCCCCOC(c1ccccc1)(c1ccccc1)c1ccccc1. The van der Waals surface area contributed by atoms with E-state index in [1.807, 2.05) is 18.2 Å². The molecule has 3 rings (SSSR count). The molecule has 0 saturated carbocycles. The predicted molar refractivity (Wildman–Crippen MR) is 120 cm³/mol. The van der Waals surface area contributed by atoms with Gasteiger partial charge in [-0.15, -0.1) is 0 Å². The molecule has 3 heteroatoms. The van der Waals surface area contributed by atoms with Crippen LogP contribution in [0.5, 0.6) is 0 Å². The van der Waals surface area contributed by atoms with Crippen LogP contribution in [0.4, 0.5) is 0 Å². The summed E-state index contributed by atoms with van der Waals surface area (Å²) < 4.78 is 11.8. The molecule has 3 nitrogen and oxygen atoms in total. The van der Waals surface area contributed by atoms with Gasteiger partial charge in [-0.2, -0.15) is 0 Å². The molecule has 0 amide bonds. The molecular formula is C27H30O3. The van der Waals surface area contributed by atoms with Gasteiger partial charge < -0.3 is 9.47 Å². The normalized spacial score (nSPS) is 11.2. The monoisotopic (exact) mass is 402 g/mol. The minimum Gasteiger partial charge on any atom is -0.466 e. The summed E-state index contributed by atoms with van der Waals surface area (Å²) in [6.07, 6.45) is 3.90. The molecule has 0 bridgehead atoms. The largest absolute Gasteiger partial charge is 0.466 e. The lowest BCUT2D eigenvalue weighted by Gasteiger charge is -2.36. The Morgan fingerprint density at radius 1 is 0.633 bits per heavy atom. The smallest absolute Gasteiger partial charge is 0.302 e. The summed E-state index contributed by atoms with van der Waals surface area (Å²) in [4.78, 5) is 10.9. The Morgan fingerprint density at radius 2 is 1.03 bits per heavy atom. The summed E-state index contributed by atoms with van der Waals surface area (Å²) in [7, 11) is 0. The zero-order valence-corrected chi connectivity index (χ0v) is 17.6. The first-order chi connectivity index (χ1) is 14.7. The second-order valence-corrected chi connectivity index (χ2v) is 7.38. The van der Waals surface area contributed by atoms with Gasteiger partial charge in [-0.3, -0.25) is 4.79 Å². The summed E-state index contributed by atoms with van der Waals surface area (Å²) in [5.74, 6) is -0.211. The second kappa shape index (κ2) is 11.3. The molecule has 30 heavy (non-hydrogen) atoms. The molecular weight excluding hydrogens is 372 g/mol. The van der Waals surface area contributed by atoms with E-state index in [1.54, 1.807) is 0 Å². The van der Waals surface area contributed by atoms with E-state index < -0.39 is 5.60 Å². The van der Waals surface area contributed by atoms with Crippen molar-refractivity contribution in [2.24, 2.45) is 0 Å². The van der Waals surface area contributed by atoms with Crippen LogP contribution < -0.4 is 0 Å². The van der Waals surface area contributed by atoms with E-state index in [9.17, 15) is 4.79 Å². The fourth-order valence-electron chi connectivity index (χ4n) is 3.77. The number of carbonyl (C=O) groups excluding carboxylic acids is 1. The van der Waals surface area contributed by atoms with Gasteiger partial charge in [0.1, 0.15) is 5.60 Å². The van der Waals surface area contributed by atoms with Crippen molar-refractivity contribution in [3.8, 4) is 0 Å². The average Bonchev–Trinajstić information content (AvgIpc) is 2.80. The van der Waals surface area contributed by atoms with Crippen LogP contribution in [0.1, 0.15) is 49.3 Å². The van der Waals surface area contributed by atoms with Gasteiger partial charge in [0.25, 0.3) is 0 Å². The Hall–Kier alpha value is -2.91. The maximum Gasteiger partial charge on any atom is 0.302 e. The van der Waals surface area contributed by atoms with E-state index in [2.05, 4.69) is 72.8 Å². The summed E-state index contributed by atoms with van der Waals surface area (Å²) in [6, 6.07) is 31.3. The minimum absolute atomic E-state index is 0.211. The van der Waals surface area contributed by atoms with Crippen LogP contribution in [-0.2, 0) is 19.9 Å². The minimum atomic E-state index is -0.651. The van der Waals surface area contributed by atoms with Gasteiger partial charge in [-0.05, 0) is 36.0 Å². The third-order valence-corrected chi connectivity index (χ3v) is 5.20. The van der Waals surface area contributed by atoms with Crippen LogP contribution in [-0.4, -0.2) is 19.2 Å². The van der Waals surface area contributed by atoms with E-state index in [0.717, 1.165) is 42.4 Å². The van der Waals surface area contributed by atoms with E-state index in [1.165, 1.54) is 6.92 Å². The molecule has 0 N–H and O–H groups in total. The Balaban J connectivity index is 1.79. The molecule has 0 radical (unpaired) electrons. The number of carbonyl (C=O) groups is 1. The van der Waals surface area contributed by atoms with Gasteiger partial charge in [0.2, 0.25) is 0 Å².